The minimum absolute atomic E-state index is 0.0578. The summed E-state index contributed by atoms with van der Waals surface area (Å²) in [5.74, 6) is 5.92. The third-order valence-corrected chi connectivity index (χ3v) is 3.26. The van der Waals surface area contributed by atoms with Gasteiger partial charge in [0.05, 0.1) is 0 Å². The third kappa shape index (κ3) is 3.47. The van der Waals surface area contributed by atoms with Crippen molar-refractivity contribution in [1.82, 2.24) is 0 Å². The SMILES string of the molecule is N[C@H]1CCC[C@@](O)(C#Cc2cccc(Cl)c2)C1. The van der Waals surface area contributed by atoms with Crippen molar-refractivity contribution in [3.05, 3.63) is 34.9 Å². The summed E-state index contributed by atoms with van der Waals surface area (Å²) in [6.45, 7) is 0. The molecule has 0 radical (unpaired) electrons. The molecule has 3 N–H and O–H groups in total. The van der Waals surface area contributed by atoms with Crippen LogP contribution in [0.2, 0.25) is 5.02 Å². The van der Waals surface area contributed by atoms with Gasteiger partial charge in [-0.2, -0.15) is 0 Å². The first-order chi connectivity index (χ1) is 8.07. The molecule has 1 aromatic carbocycles. The molecule has 0 spiro atoms. The molecule has 1 saturated carbocycles. The lowest BCUT2D eigenvalue weighted by Gasteiger charge is -2.30. The highest BCUT2D eigenvalue weighted by atomic mass is 35.5. The molecule has 0 amide bonds. The Balaban J connectivity index is 2.15. The summed E-state index contributed by atoms with van der Waals surface area (Å²) in [5, 5.41) is 10.9. The van der Waals surface area contributed by atoms with Crippen LogP contribution in [0.4, 0.5) is 0 Å². The van der Waals surface area contributed by atoms with Crippen molar-refractivity contribution in [3.63, 3.8) is 0 Å². The first kappa shape index (κ1) is 12.4. The van der Waals surface area contributed by atoms with E-state index < -0.39 is 5.60 Å². The Morgan fingerprint density at radius 1 is 1.47 bits per heavy atom. The molecule has 3 heteroatoms. The average Bonchev–Trinajstić information content (AvgIpc) is 2.26. The lowest BCUT2D eigenvalue weighted by Crippen LogP contribution is -2.40. The summed E-state index contributed by atoms with van der Waals surface area (Å²) in [7, 11) is 0. The Hall–Kier alpha value is -1.01. The minimum Gasteiger partial charge on any atom is -0.378 e. The van der Waals surface area contributed by atoms with Crippen LogP contribution in [0.25, 0.3) is 0 Å². The van der Waals surface area contributed by atoms with E-state index in [4.69, 9.17) is 17.3 Å². The number of rotatable bonds is 0. The zero-order valence-electron chi connectivity index (χ0n) is 9.62. The number of hydrogen-bond acceptors (Lipinski definition) is 2. The van der Waals surface area contributed by atoms with Crippen LogP contribution < -0.4 is 5.73 Å². The number of aliphatic hydroxyl groups is 1. The van der Waals surface area contributed by atoms with Gasteiger partial charge in [-0.15, -0.1) is 0 Å². The predicted octanol–water partition coefficient (Wildman–Crippen LogP) is 2.32. The van der Waals surface area contributed by atoms with Gasteiger partial charge in [-0.25, -0.2) is 0 Å². The fraction of sp³-hybridized carbons (Fsp3) is 0.429. The highest BCUT2D eigenvalue weighted by Gasteiger charge is 2.30. The maximum Gasteiger partial charge on any atom is 0.127 e. The topological polar surface area (TPSA) is 46.2 Å². The van der Waals surface area contributed by atoms with Crippen molar-refractivity contribution in [3.8, 4) is 11.8 Å². The largest absolute Gasteiger partial charge is 0.378 e. The normalized spacial score (nSPS) is 28.3. The van der Waals surface area contributed by atoms with Gasteiger partial charge in [0, 0.05) is 23.0 Å². The molecule has 0 aliphatic heterocycles. The van der Waals surface area contributed by atoms with Gasteiger partial charge in [0.25, 0.3) is 0 Å². The fourth-order valence-electron chi connectivity index (χ4n) is 2.16. The number of benzene rings is 1. The summed E-state index contributed by atoms with van der Waals surface area (Å²) >= 11 is 5.87. The molecule has 0 aromatic heterocycles. The summed E-state index contributed by atoms with van der Waals surface area (Å²) < 4.78 is 0. The third-order valence-electron chi connectivity index (χ3n) is 3.03. The van der Waals surface area contributed by atoms with E-state index in [2.05, 4.69) is 11.8 Å². The van der Waals surface area contributed by atoms with Gasteiger partial charge in [0.15, 0.2) is 0 Å². The van der Waals surface area contributed by atoms with Crippen molar-refractivity contribution in [1.29, 1.82) is 0 Å². The summed E-state index contributed by atoms with van der Waals surface area (Å²) in [5.41, 5.74) is 5.75. The van der Waals surface area contributed by atoms with Crippen LogP contribution in [-0.2, 0) is 0 Å². The summed E-state index contributed by atoms with van der Waals surface area (Å²) in [6.07, 6.45) is 3.16. The second-order valence-electron chi connectivity index (χ2n) is 4.65. The zero-order valence-corrected chi connectivity index (χ0v) is 10.4. The molecular formula is C14H16ClNO. The number of halogens is 1. The Morgan fingerprint density at radius 2 is 2.29 bits per heavy atom. The van der Waals surface area contributed by atoms with Gasteiger partial charge in [0.2, 0.25) is 0 Å². The van der Waals surface area contributed by atoms with Crippen molar-refractivity contribution in [2.75, 3.05) is 0 Å². The summed E-state index contributed by atoms with van der Waals surface area (Å²) in [4.78, 5) is 0. The van der Waals surface area contributed by atoms with Gasteiger partial charge in [-0.1, -0.05) is 29.5 Å². The Bertz CT molecular complexity index is 463. The summed E-state index contributed by atoms with van der Waals surface area (Å²) in [6, 6.07) is 7.38. The van der Waals surface area contributed by atoms with Crippen LogP contribution in [0.15, 0.2) is 24.3 Å². The van der Waals surface area contributed by atoms with Crippen LogP contribution >= 0.6 is 11.6 Å². The van der Waals surface area contributed by atoms with E-state index in [9.17, 15) is 5.11 Å². The highest BCUT2D eigenvalue weighted by molar-refractivity contribution is 6.30. The molecule has 2 atom stereocenters. The van der Waals surface area contributed by atoms with Gasteiger partial charge in [-0.3, -0.25) is 0 Å². The maximum atomic E-state index is 10.3. The maximum absolute atomic E-state index is 10.3. The van der Waals surface area contributed by atoms with Crippen LogP contribution in [0.3, 0.4) is 0 Å². The standard InChI is InChI=1S/C14H16ClNO/c15-12-4-1-3-11(9-12)6-8-14(17)7-2-5-13(16)10-14/h1,3-4,9,13,17H,2,5,7,10,16H2/t13-,14+/m0/s1. The quantitative estimate of drug-likeness (QED) is 0.694. The molecule has 1 aliphatic rings. The van der Waals surface area contributed by atoms with E-state index in [0.29, 0.717) is 17.9 Å². The molecule has 1 aliphatic carbocycles. The van der Waals surface area contributed by atoms with E-state index in [1.165, 1.54) is 0 Å². The van der Waals surface area contributed by atoms with Gasteiger partial charge in [0.1, 0.15) is 5.60 Å². The van der Waals surface area contributed by atoms with Gasteiger partial charge >= 0.3 is 0 Å². The molecule has 90 valence electrons. The molecule has 0 bridgehead atoms. The monoisotopic (exact) mass is 249 g/mol. The molecule has 1 aromatic rings. The lowest BCUT2D eigenvalue weighted by atomic mass is 9.82. The number of hydrogen-bond donors (Lipinski definition) is 2. The van der Waals surface area contributed by atoms with E-state index in [-0.39, 0.29) is 6.04 Å². The van der Waals surface area contributed by atoms with Crippen molar-refractivity contribution < 1.29 is 5.11 Å². The van der Waals surface area contributed by atoms with E-state index in [1.54, 1.807) is 12.1 Å². The second-order valence-corrected chi connectivity index (χ2v) is 5.08. The van der Waals surface area contributed by atoms with E-state index in [0.717, 1.165) is 18.4 Å². The zero-order chi connectivity index (χ0) is 12.3. The van der Waals surface area contributed by atoms with Crippen molar-refractivity contribution >= 4 is 11.6 Å². The molecule has 17 heavy (non-hydrogen) atoms. The van der Waals surface area contributed by atoms with Crippen molar-refractivity contribution in [2.24, 2.45) is 5.73 Å². The van der Waals surface area contributed by atoms with Crippen LogP contribution in [0.5, 0.6) is 0 Å². The lowest BCUT2D eigenvalue weighted by molar-refractivity contribution is 0.0532. The minimum atomic E-state index is -0.931. The molecule has 0 saturated heterocycles. The first-order valence-electron chi connectivity index (χ1n) is 5.84. The van der Waals surface area contributed by atoms with Gasteiger partial charge < -0.3 is 10.8 Å². The van der Waals surface area contributed by atoms with Crippen LogP contribution in [0, 0.1) is 11.8 Å². The Kier molecular flexibility index (Phi) is 3.73. The van der Waals surface area contributed by atoms with E-state index >= 15 is 0 Å². The highest BCUT2D eigenvalue weighted by Crippen LogP contribution is 2.26. The Labute approximate surface area is 107 Å². The molecule has 0 unspecified atom stereocenters. The smallest absolute Gasteiger partial charge is 0.127 e. The molecule has 0 heterocycles. The Morgan fingerprint density at radius 3 is 3.00 bits per heavy atom. The number of nitrogens with two attached hydrogens (primary N) is 1. The average molecular weight is 250 g/mol. The molecular weight excluding hydrogens is 234 g/mol. The predicted molar refractivity (Wildman–Crippen MR) is 69.7 cm³/mol. The van der Waals surface area contributed by atoms with Crippen LogP contribution in [-0.4, -0.2) is 16.7 Å². The van der Waals surface area contributed by atoms with Crippen molar-refractivity contribution in [2.45, 2.75) is 37.3 Å². The van der Waals surface area contributed by atoms with E-state index in [1.807, 2.05) is 12.1 Å². The first-order valence-corrected chi connectivity index (χ1v) is 6.22. The molecule has 1 fully saturated rings. The van der Waals surface area contributed by atoms with Crippen LogP contribution in [0.1, 0.15) is 31.2 Å². The van der Waals surface area contributed by atoms with Gasteiger partial charge in [-0.05, 0) is 37.5 Å². The molecule has 2 nitrogen and oxygen atoms in total. The molecule has 2 rings (SSSR count). The second kappa shape index (κ2) is 5.10. The fourth-order valence-corrected chi connectivity index (χ4v) is 2.35.